The maximum Gasteiger partial charge on any atom is 0.277 e. The van der Waals surface area contributed by atoms with Crippen LogP contribution in [0, 0.1) is 0 Å². The molecule has 1 fully saturated rings. The van der Waals surface area contributed by atoms with E-state index in [1.807, 2.05) is 37.4 Å². The first-order valence-corrected chi connectivity index (χ1v) is 11.9. The number of benzene rings is 2. The van der Waals surface area contributed by atoms with Crippen LogP contribution in [0.3, 0.4) is 0 Å². The van der Waals surface area contributed by atoms with Crippen molar-refractivity contribution in [3.63, 3.8) is 0 Å². The van der Waals surface area contributed by atoms with Crippen molar-refractivity contribution < 1.29 is 18.1 Å². The molecule has 2 aromatic carbocycles. The van der Waals surface area contributed by atoms with E-state index in [2.05, 4.69) is 26.0 Å². The molecular weight excluding hydrogens is 398 g/mol. The fraction of sp³-hybridized carbons (Fsp3) is 0.435. The molecule has 0 saturated carbocycles. The van der Waals surface area contributed by atoms with E-state index in [4.69, 9.17) is 0 Å². The second-order valence-electron chi connectivity index (χ2n) is 8.30. The van der Waals surface area contributed by atoms with E-state index in [-0.39, 0.29) is 5.91 Å². The molecule has 1 heterocycles. The third kappa shape index (κ3) is 5.47. The summed E-state index contributed by atoms with van der Waals surface area (Å²) < 4.78 is 27.4. The van der Waals surface area contributed by atoms with Gasteiger partial charge >= 0.3 is 0 Å². The highest BCUT2D eigenvalue weighted by Gasteiger charge is 2.30. The molecule has 1 N–H and O–H groups in total. The Kier molecular flexibility index (Phi) is 7.28. The first-order valence-electron chi connectivity index (χ1n) is 10.5. The largest absolute Gasteiger partial charge is 0.335 e. The Balaban J connectivity index is 1.53. The molecule has 0 radical (unpaired) electrons. The Hall–Kier alpha value is -2.22. The van der Waals surface area contributed by atoms with Crippen LogP contribution in [0.1, 0.15) is 30.9 Å². The number of amides is 1. The van der Waals surface area contributed by atoms with Crippen molar-refractivity contribution in [3.8, 4) is 0 Å². The van der Waals surface area contributed by atoms with Gasteiger partial charge in [-0.15, -0.1) is 0 Å². The molecule has 0 aliphatic carbocycles. The van der Waals surface area contributed by atoms with Crippen molar-refractivity contribution >= 4 is 15.9 Å². The van der Waals surface area contributed by atoms with Crippen molar-refractivity contribution in [2.24, 2.45) is 0 Å². The zero-order chi connectivity index (χ0) is 21.7. The van der Waals surface area contributed by atoms with E-state index < -0.39 is 10.0 Å². The van der Waals surface area contributed by atoms with Crippen molar-refractivity contribution in [2.75, 3.05) is 39.8 Å². The molecule has 2 aromatic rings. The van der Waals surface area contributed by atoms with E-state index in [1.54, 1.807) is 17.0 Å². The molecule has 1 aliphatic rings. The van der Waals surface area contributed by atoms with Gasteiger partial charge in [-0.3, -0.25) is 4.79 Å². The molecule has 1 amide bonds. The van der Waals surface area contributed by atoms with E-state index in [0.717, 1.165) is 17.0 Å². The third-order valence-electron chi connectivity index (χ3n) is 5.58. The third-order valence-corrected chi connectivity index (χ3v) is 7.49. The lowest BCUT2D eigenvalue weighted by molar-refractivity contribution is -0.885. The van der Waals surface area contributed by atoms with Gasteiger partial charge in [-0.2, -0.15) is 4.31 Å². The van der Waals surface area contributed by atoms with Crippen molar-refractivity contribution in [1.29, 1.82) is 0 Å². The summed E-state index contributed by atoms with van der Waals surface area (Å²) in [5.74, 6) is 0.431. The second-order valence-corrected chi connectivity index (χ2v) is 10.2. The van der Waals surface area contributed by atoms with Crippen LogP contribution >= 0.6 is 0 Å². The van der Waals surface area contributed by atoms with Crippen LogP contribution in [0.2, 0.25) is 0 Å². The lowest BCUT2D eigenvalue weighted by Crippen LogP contribution is -3.09. The maximum absolute atomic E-state index is 12.9. The lowest BCUT2D eigenvalue weighted by Gasteiger charge is -2.34. The first-order chi connectivity index (χ1) is 14.3. The Morgan fingerprint density at radius 2 is 1.57 bits per heavy atom. The summed E-state index contributed by atoms with van der Waals surface area (Å²) in [7, 11) is -1.52. The topological polar surface area (TPSA) is 62.1 Å². The van der Waals surface area contributed by atoms with Crippen LogP contribution in [-0.2, 0) is 21.4 Å². The average molecular weight is 431 g/mol. The van der Waals surface area contributed by atoms with Gasteiger partial charge in [-0.25, -0.2) is 8.42 Å². The van der Waals surface area contributed by atoms with Crippen LogP contribution < -0.4 is 4.90 Å². The molecular formula is C23H32N3O3S+. The smallest absolute Gasteiger partial charge is 0.277 e. The zero-order valence-corrected chi connectivity index (χ0v) is 18.9. The van der Waals surface area contributed by atoms with Crippen LogP contribution in [-0.4, -0.2) is 63.3 Å². The van der Waals surface area contributed by atoms with Crippen LogP contribution in [0.4, 0.5) is 0 Å². The SMILES string of the molecule is CC(C)c1ccc(S(=O)(=O)N2CCN(C(=O)C[NH+](C)Cc3ccccc3)CC2)cc1. The van der Waals surface area contributed by atoms with Gasteiger partial charge in [0.15, 0.2) is 6.54 Å². The fourth-order valence-electron chi connectivity index (χ4n) is 3.73. The van der Waals surface area contributed by atoms with Gasteiger partial charge in [0, 0.05) is 31.7 Å². The first kappa shape index (κ1) is 22.5. The summed E-state index contributed by atoms with van der Waals surface area (Å²) in [4.78, 5) is 15.9. The lowest BCUT2D eigenvalue weighted by atomic mass is 10.0. The summed E-state index contributed by atoms with van der Waals surface area (Å²) in [6.45, 7) is 6.88. The molecule has 7 heteroatoms. The minimum absolute atomic E-state index is 0.0711. The molecule has 162 valence electrons. The van der Waals surface area contributed by atoms with Gasteiger partial charge in [-0.05, 0) is 23.6 Å². The minimum atomic E-state index is -3.53. The highest BCUT2D eigenvalue weighted by molar-refractivity contribution is 7.89. The molecule has 1 aliphatic heterocycles. The highest BCUT2D eigenvalue weighted by Crippen LogP contribution is 2.21. The van der Waals surface area contributed by atoms with Crippen molar-refractivity contribution in [1.82, 2.24) is 9.21 Å². The number of hydrogen-bond acceptors (Lipinski definition) is 3. The van der Waals surface area contributed by atoms with E-state index >= 15 is 0 Å². The second kappa shape index (κ2) is 9.73. The number of nitrogens with zero attached hydrogens (tertiary/aromatic N) is 2. The summed E-state index contributed by atoms with van der Waals surface area (Å²) in [6.07, 6.45) is 0. The Bertz CT molecular complexity index is 935. The number of likely N-dealkylation sites (N-methyl/N-ethyl adjacent to an activating group) is 1. The number of carbonyl (C=O) groups excluding carboxylic acids is 1. The number of piperazine rings is 1. The van der Waals surface area contributed by atoms with Gasteiger partial charge in [0.05, 0.1) is 11.9 Å². The standard InChI is InChI=1S/C23H31N3O3S/c1-19(2)21-9-11-22(12-10-21)30(28,29)26-15-13-25(14-16-26)23(27)18-24(3)17-20-7-5-4-6-8-20/h4-12,19H,13-18H2,1-3H3/p+1. The van der Waals surface area contributed by atoms with Crippen molar-refractivity contribution in [2.45, 2.75) is 31.2 Å². The molecule has 0 spiro atoms. The van der Waals surface area contributed by atoms with E-state index in [0.29, 0.717) is 43.5 Å². The van der Waals surface area contributed by atoms with Gasteiger partial charge in [0.1, 0.15) is 6.54 Å². The normalized spacial score (nSPS) is 16.6. The number of hydrogen-bond donors (Lipinski definition) is 1. The van der Waals surface area contributed by atoms with Crippen molar-refractivity contribution in [3.05, 3.63) is 65.7 Å². The number of rotatable bonds is 7. The fourth-order valence-corrected chi connectivity index (χ4v) is 5.15. The highest BCUT2D eigenvalue weighted by atomic mass is 32.2. The average Bonchev–Trinajstić information content (AvgIpc) is 2.74. The predicted molar refractivity (Wildman–Crippen MR) is 118 cm³/mol. The van der Waals surface area contributed by atoms with Crippen LogP contribution in [0.25, 0.3) is 0 Å². The molecule has 3 rings (SSSR count). The molecule has 1 unspecified atom stereocenters. The van der Waals surface area contributed by atoms with Gasteiger partial charge < -0.3 is 9.80 Å². The van der Waals surface area contributed by atoms with Gasteiger partial charge in [0.2, 0.25) is 10.0 Å². The minimum Gasteiger partial charge on any atom is -0.335 e. The van der Waals surface area contributed by atoms with Gasteiger partial charge in [-0.1, -0.05) is 56.3 Å². The zero-order valence-electron chi connectivity index (χ0n) is 18.0. The number of nitrogens with one attached hydrogen (secondary N) is 1. The monoisotopic (exact) mass is 430 g/mol. The summed E-state index contributed by atoms with van der Waals surface area (Å²) in [6, 6.07) is 17.2. The van der Waals surface area contributed by atoms with Crippen LogP contribution in [0.5, 0.6) is 0 Å². The molecule has 1 saturated heterocycles. The van der Waals surface area contributed by atoms with E-state index in [1.165, 1.54) is 9.87 Å². The Morgan fingerprint density at radius 3 is 2.13 bits per heavy atom. The molecule has 1 atom stereocenters. The Morgan fingerprint density at radius 1 is 0.967 bits per heavy atom. The Labute approximate surface area is 180 Å². The summed E-state index contributed by atoms with van der Waals surface area (Å²) in [5.41, 5.74) is 2.31. The number of sulfonamides is 1. The molecule has 6 nitrogen and oxygen atoms in total. The molecule has 30 heavy (non-hydrogen) atoms. The molecule has 0 bridgehead atoms. The van der Waals surface area contributed by atoms with Gasteiger partial charge in [0.25, 0.3) is 5.91 Å². The molecule has 0 aromatic heterocycles. The quantitative estimate of drug-likeness (QED) is 0.722. The number of carbonyl (C=O) groups is 1. The van der Waals surface area contributed by atoms with E-state index in [9.17, 15) is 13.2 Å². The summed E-state index contributed by atoms with van der Waals surface area (Å²) >= 11 is 0. The van der Waals surface area contributed by atoms with Crippen LogP contribution in [0.15, 0.2) is 59.5 Å². The predicted octanol–water partition coefficient (Wildman–Crippen LogP) is 1.36. The maximum atomic E-state index is 12.9. The summed E-state index contributed by atoms with van der Waals surface area (Å²) in [5, 5.41) is 0. The number of quaternary nitrogens is 1.